The number of aromatic nitrogens is 2. The highest BCUT2D eigenvalue weighted by atomic mass is 32.1. The van der Waals surface area contributed by atoms with E-state index in [0.29, 0.717) is 5.69 Å². The molecule has 2 aromatic heterocycles. The van der Waals surface area contributed by atoms with E-state index >= 15 is 0 Å². The Morgan fingerprint density at radius 1 is 1.07 bits per heavy atom. The van der Waals surface area contributed by atoms with Gasteiger partial charge in [0.1, 0.15) is 4.83 Å². The maximum atomic E-state index is 13.0. The minimum absolute atomic E-state index is 0.0785. The van der Waals surface area contributed by atoms with Gasteiger partial charge in [-0.3, -0.25) is 14.6 Å². The third-order valence-electron chi connectivity index (χ3n) is 4.66. The molecule has 0 bridgehead atoms. The minimum Gasteiger partial charge on any atom is -0.478 e. The van der Waals surface area contributed by atoms with Gasteiger partial charge in [-0.15, -0.1) is 11.3 Å². The van der Waals surface area contributed by atoms with Crippen molar-refractivity contribution in [3.8, 4) is 5.69 Å². The predicted molar refractivity (Wildman–Crippen MR) is 114 cm³/mol. The number of carboxylic acids is 1. The van der Waals surface area contributed by atoms with Crippen molar-refractivity contribution < 1.29 is 14.7 Å². The van der Waals surface area contributed by atoms with Crippen LogP contribution in [-0.2, 0) is 0 Å². The number of aromatic carboxylic acids is 1. The van der Waals surface area contributed by atoms with Crippen LogP contribution in [0.3, 0.4) is 0 Å². The maximum absolute atomic E-state index is 13.0. The lowest BCUT2D eigenvalue weighted by atomic mass is 10.1. The monoisotopic (exact) mass is 421 g/mol. The Morgan fingerprint density at radius 2 is 1.80 bits per heavy atom. The zero-order valence-corrected chi connectivity index (χ0v) is 16.5. The van der Waals surface area contributed by atoms with Crippen molar-refractivity contribution in [2.24, 2.45) is 0 Å². The number of rotatable bonds is 4. The van der Waals surface area contributed by atoms with Gasteiger partial charge in [0.15, 0.2) is 0 Å². The van der Waals surface area contributed by atoms with Crippen LogP contribution in [0.25, 0.3) is 15.9 Å². The second kappa shape index (κ2) is 7.45. The molecule has 0 aliphatic heterocycles. The van der Waals surface area contributed by atoms with E-state index in [1.54, 1.807) is 31.3 Å². The molecular weight excluding hydrogens is 406 g/mol. The first kappa shape index (κ1) is 19.3. The average Bonchev–Trinajstić information content (AvgIpc) is 3.18. The molecule has 2 N–H and O–H groups in total. The van der Waals surface area contributed by atoms with E-state index in [2.05, 4.69) is 4.98 Å². The standard InChI is InChI=1S/C21H15N3O5S/c1-23(13-7-3-2-4-8-13)18(25)12-6-5-9-14(10-12)24-19(26)16-15(20(27)28)11-30-17(16)22-21(24)29/h2-11H,1H3,(H,22,29)(H,27,28). The van der Waals surface area contributed by atoms with Gasteiger partial charge in [0.05, 0.1) is 16.6 Å². The SMILES string of the molecule is CN(C(=O)c1cccc(-n2c(=O)[nH]c3scc(C(=O)O)c3c2=O)c1)c1ccccc1. The summed E-state index contributed by atoms with van der Waals surface area (Å²) in [7, 11) is 1.62. The largest absolute Gasteiger partial charge is 0.478 e. The van der Waals surface area contributed by atoms with E-state index in [4.69, 9.17) is 0 Å². The van der Waals surface area contributed by atoms with Crippen LogP contribution in [0.15, 0.2) is 69.6 Å². The van der Waals surface area contributed by atoms with E-state index in [9.17, 15) is 24.3 Å². The molecule has 2 aromatic carbocycles. The van der Waals surface area contributed by atoms with Gasteiger partial charge in [-0.05, 0) is 30.3 Å². The number of carboxylic acid groups (broad SMARTS) is 1. The summed E-state index contributed by atoms with van der Waals surface area (Å²) in [5.74, 6) is -1.58. The Kier molecular flexibility index (Phi) is 4.80. The summed E-state index contributed by atoms with van der Waals surface area (Å²) in [6, 6.07) is 15.1. The van der Waals surface area contributed by atoms with Crippen molar-refractivity contribution >= 4 is 39.1 Å². The molecule has 0 aliphatic carbocycles. The molecule has 150 valence electrons. The maximum Gasteiger partial charge on any atom is 0.337 e. The van der Waals surface area contributed by atoms with Crippen molar-refractivity contribution in [2.45, 2.75) is 0 Å². The van der Waals surface area contributed by atoms with Crippen LogP contribution in [0.4, 0.5) is 5.69 Å². The van der Waals surface area contributed by atoms with Crippen molar-refractivity contribution in [3.63, 3.8) is 0 Å². The number of H-pyrrole nitrogens is 1. The summed E-state index contributed by atoms with van der Waals surface area (Å²) in [4.78, 5) is 54.0. The quantitative estimate of drug-likeness (QED) is 0.526. The number of benzene rings is 2. The topological polar surface area (TPSA) is 112 Å². The van der Waals surface area contributed by atoms with E-state index < -0.39 is 17.2 Å². The summed E-state index contributed by atoms with van der Waals surface area (Å²) >= 11 is 0.974. The number of thiophene rings is 1. The fourth-order valence-corrected chi connectivity index (χ4v) is 4.07. The van der Waals surface area contributed by atoms with Crippen molar-refractivity contribution in [1.29, 1.82) is 0 Å². The lowest BCUT2D eigenvalue weighted by molar-refractivity contribution is 0.0699. The van der Waals surface area contributed by atoms with Crippen LogP contribution in [0.5, 0.6) is 0 Å². The van der Waals surface area contributed by atoms with Gasteiger partial charge in [0, 0.05) is 23.7 Å². The molecular formula is C21H15N3O5S. The Labute approximate surface area is 173 Å². The first-order chi connectivity index (χ1) is 14.4. The highest BCUT2D eigenvalue weighted by Gasteiger charge is 2.20. The number of carbonyl (C=O) groups is 2. The van der Waals surface area contributed by atoms with Crippen LogP contribution >= 0.6 is 11.3 Å². The number of para-hydroxylation sites is 1. The van der Waals surface area contributed by atoms with Crippen molar-refractivity contribution in [2.75, 3.05) is 11.9 Å². The number of fused-ring (bicyclic) bond motifs is 1. The van der Waals surface area contributed by atoms with Crippen LogP contribution in [0.1, 0.15) is 20.7 Å². The molecule has 0 saturated carbocycles. The summed E-state index contributed by atoms with van der Waals surface area (Å²) in [6.45, 7) is 0. The van der Waals surface area contributed by atoms with E-state index in [1.165, 1.54) is 22.4 Å². The molecule has 8 nitrogen and oxygen atoms in total. The molecule has 0 aliphatic rings. The Bertz CT molecular complexity index is 1400. The van der Waals surface area contributed by atoms with E-state index in [0.717, 1.165) is 15.9 Å². The fraction of sp³-hybridized carbons (Fsp3) is 0.0476. The zero-order valence-electron chi connectivity index (χ0n) is 15.7. The molecule has 0 spiro atoms. The highest BCUT2D eigenvalue weighted by Crippen LogP contribution is 2.21. The molecule has 0 unspecified atom stereocenters. The normalized spacial score (nSPS) is 10.8. The van der Waals surface area contributed by atoms with Gasteiger partial charge >= 0.3 is 11.7 Å². The van der Waals surface area contributed by atoms with Crippen LogP contribution in [-0.4, -0.2) is 33.6 Å². The first-order valence-electron chi connectivity index (χ1n) is 8.82. The molecule has 0 fully saturated rings. The van der Waals surface area contributed by atoms with Gasteiger partial charge in [-0.2, -0.15) is 0 Å². The Hall–Kier alpha value is -3.98. The molecule has 4 rings (SSSR count). The van der Waals surface area contributed by atoms with Gasteiger partial charge in [0.2, 0.25) is 0 Å². The third-order valence-corrected chi connectivity index (χ3v) is 5.56. The number of hydrogen-bond donors (Lipinski definition) is 2. The number of carbonyl (C=O) groups excluding carboxylic acids is 1. The predicted octanol–water partition coefficient (Wildman–Crippen LogP) is 2.72. The second-order valence-electron chi connectivity index (χ2n) is 6.48. The Balaban J connectivity index is 1.83. The summed E-state index contributed by atoms with van der Waals surface area (Å²) in [6.07, 6.45) is 0. The van der Waals surface area contributed by atoms with Gasteiger partial charge in [-0.25, -0.2) is 14.2 Å². The number of hydrogen-bond acceptors (Lipinski definition) is 5. The molecule has 0 atom stereocenters. The first-order valence-corrected chi connectivity index (χ1v) is 9.70. The number of nitrogens with one attached hydrogen (secondary N) is 1. The molecule has 30 heavy (non-hydrogen) atoms. The van der Waals surface area contributed by atoms with Crippen LogP contribution in [0.2, 0.25) is 0 Å². The van der Waals surface area contributed by atoms with Gasteiger partial charge < -0.3 is 10.0 Å². The number of nitrogens with zero attached hydrogens (tertiary/aromatic N) is 2. The average molecular weight is 421 g/mol. The van der Waals surface area contributed by atoms with Gasteiger partial charge in [-0.1, -0.05) is 24.3 Å². The third kappa shape index (κ3) is 3.20. The van der Waals surface area contributed by atoms with Crippen molar-refractivity contribution in [3.05, 3.63) is 91.9 Å². The molecule has 9 heteroatoms. The number of aromatic amines is 1. The molecule has 0 saturated heterocycles. The summed E-state index contributed by atoms with van der Waals surface area (Å²) < 4.78 is 0.834. The fourth-order valence-electron chi connectivity index (χ4n) is 3.15. The van der Waals surface area contributed by atoms with E-state index in [1.807, 2.05) is 18.2 Å². The molecule has 1 amide bonds. The smallest absolute Gasteiger partial charge is 0.337 e. The second-order valence-corrected chi connectivity index (χ2v) is 7.36. The molecule has 2 heterocycles. The van der Waals surface area contributed by atoms with Gasteiger partial charge in [0.25, 0.3) is 11.5 Å². The van der Waals surface area contributed by atoms with Crippen molar-refractivity contribution in [1.82, 2.24) is 9.55 Å². The molecule has 0 radical (unpaired) electrons. The lowest BCUT2D eigenvalue weighted by Gasteiger charge is -2.17. The van der Waals surface area contributed by atoms with Crippen LogP contribution < -0.4 is 16.1 Å². The minimum atomic E-state index is -1.26. The Morgan fingerprint density at radius 3 is 2.50 bits per heavy atom. The lowest BCUT2D eigenvalue weighted by Crippen LogP contribution is -2.34. The molecule has 4 aromatic rings. The van der Waals surface area contributed by atoms with Crippen LogP contribution in [0, 0.1) is 0 Å². The number of anilines is 1. The summed E-state index contributed by atoms with van der Waals surface area (Å²) in [5, 5.41) is 10.6. The highest BCUT2D eigenvalue weighted by molar-refractivity contribution is 7.17. The number of amides is 1. The van der Waals surface area contributed by atoms with E-state index in [-0.39, 0.29) is 32.9 Å². The zero-order chi connectivity index (χ0) is 21.4. The summed E-state index contributed by atoms with van der Waals surface area (Å²) in [5.41, 5.74) is -0.525.